The molecule has 1 aromatic heterocycles. The van der Waals surface area contributed by atoms with Gasteiger partial charge >= 0.3 is 0 Å². The van der Waals surface area contributed by atoms with Crippen molar-refractivity contribution in [3.63, 3.8) is 0 Å². The Kier molecular flexibility index (Phi) is 3.59. The summed E-state index contributed by atoms with van der Waals surface area (Å²) >= 11 is 5.61. The van der Waals surface area contributed by atoms with Crippen molar-refractivity contribution in [2.45, 2.75) is 38.8 Å². The zero-order valence-electron chi connectivity index (χ0n) is 10.5. The minimum atomic E-state index is 0.00799. The molecule has 1 aliphatic carbocycles. The molecule has 0 aromatic carbocycles. The fourth-order valence-corrected chi connectivity index (χ4v) is 2.78. The van der Waals surface area contributed by atoms with Gasteiger partial charge in [-0.3, -0.25) is 4.79 Å². The molecule has 1 saturated carbocycles. The number of hydrogen-bond donors (Lipinski definition) is 0. The summed E-state index contributed by atoms with van der Waals surface area (Å²) in [6.07, 6.45) is 2.43. The number of ketones is 1. The minimum absolute atomic E-state index is 0.00799. The van der Waals surface area contributed by atoms with Gasteiger partial charge in [0.05, 0.1) is 12.0 Å². The summed E-state index contributed by atoms with van der Waals surface area (Å²) in [4.78, 5) is 11.7. The molecule has 1 aliphatic rings. The van der Waals surface area contributed by atoms with Crippen molar-refractivity contribution in [1.29, 1.82) is 0 Å². The van der Waals surface area contributed by atoms with E-state index in [1.165, 1.54) is 0 Å². The van der Waals surface area contributed by atoms with E-state index >= 15 is 0 Å². The number of aryl methyl sites for hydroxylation is 1. The number of aromatic nitrogens is 1. The van der Waals surface area contributed by atoms with Gasteiger partial charge in [-0.2, -0.15) is 0 Å². The van der Waals surface area contributed by atoms with Gasteiger partial charge < -0.3 is 9.30 Å². The maximum Gasteiger partial charge on any atom is 0.179 e. The molecule has 0 spiro atoms. The summed E-state index contributed by atoms with van der Waals surface area (Å²) in [7, 11) is 1.75. The van der Waals surface area contributed by atoms with Crippen LogP contribution in [0.1, 0.15) is 40.6 Å². The van der Waals surface area contributed by atoms with Crippen molar-refractivity contribution < 1.29 is 9.53 Å². The Hall–Kier alpha value is -0.800. The second-order valence-electron chi connectivity index (χ2n) is 4.69. The van der Waals surface area contributed by atoms with E-state index in [1.54, 1.807) is 7.11 Å². The van der Waals surface area contributed by atoms with Crippen molar-refractivity contribution in [1.82, 2.24) is 4.57 Å². The minimum Gasteiger partial charge on any atom is -0.381 e. The average Bonchev–Trinajstić information content (AvgIpc) is 2.54. The van der Waals surface area contributed by atoms with Gasteiger partial charge in [-0.25, -0.2) is 0 Å². The molecule has 1 fully saturated rings. The number of alkyl halides is 1. The zero-order valence-corrected chi connectivity index (χ0v) is 11.3. The second kappa shape index (κ2) is 4.83. The van der Waals surface area contributed by atoms with Gasteiger partial charge in [0.15, 0.2) is 5.78 Å². The summed E-state index contributed by atoms with van der Waals surface area (Å²) < 4.78 is 7.54. The number of carbonyl (C=O) groups excluding carboxylic acids is 1. The number of nitrogens with zero attached hydrogens (tertiary/aromatic N) is 1. The summed E-state index contributed by atoms with van der Waals surface area (Å²) in [5.74, 6) is 0.0592. The molecule has 94 valence electrons. The standard InChI is InChI=1S/C13H18ClNO2/c1-8-4-12(13(16)7-14)9(2)15(8)10-5-11(6-10)17-3/h4,10-11H,5-7H2,1-3H3. The summed E-state index contributed by atoms with van der Waals surface area (Å²) in [6, 6.07) is 2.41. The van der Waals surface area contributed by atoms with Crippen LogP contribution in [0.4, 0.5) is 0 Å². The van der Waals surface area contributed by atoms with Crippen molar-refractivity contribution in [2.75, 3.05) is 13.0 Å². The molecule has 0 N–H and O–H groups in total. The Morgan fingerprint density at radius 2 is 2.18 bits per heavy atom. The lowest BCUT2D eigenvalue weighted by Gasteiger charge is -2.37. The molecule has 0 bridgehead atoms. The monoisotopic (exact) mass is 255 g/mol. The number of rotatable bonds is 4. The Labute approximate surface area is 107 Å². The Morgan fingerprint density at radius 1 is 1.53 bits per heavy atom. The SMILES string of the molecule is COC1CC(n2c(C)cc(C(=O)CCl)c2C)C1. The molecule has 17 heavy (non-hydrogen) atoms. The number of methoxy groups -OCH3 is 1. The van der Waals surface area contributed by atoms with E-state index in [1.807, 2.05) is 19.9 Å². The maximum atomic E-state index is 11.7. The lowest BCUT2D eigenvalue weighted by molar-refractivity contribution is 0.00525. The highest BCUT2D eigenvalue weighted by molar-refractivity contribution is 6.30. The number of hydrogen-bond acceptors (Lipinski definition) is 2. The predicted molar refractivity (Wildman–Crippen MR) is 68.0 cm³/mol. The number of halogens is 1. The highest BCUT2D eigenvalue weighted by Crippen LogP contribution is 2.37. The molecular formula is C13H18ClNO2. The lowest BCUT2D eigenvalue weighted by Crippen LogP contribution is -2.33. The molecule has 4 heteroatoms. The first-order valence-corrected chi connectivity index (χ1v) is 6.42. The van der Waals surface area contributed by atoms with Gasteiger partial charge in [-0.15, -0.1) is 11.6 Å². The first kappa shape index (κ1) is 12.7. The largest absolute Gasteiger partial charge is 0.381 e. The maximum absolute atomic E-state index is 11.7. The quantitative estimate of drug-likeness (QED) is 0.612. The van der Waals surface area contributed by atoms with Gasteiger partial charge in [-0.05, 0) is 32.8 Å². The summed E-state index contributed by atoms with van der Waals surface area (Å²) in [5, 5.41) is 0. The number of carbonyl (C=O) groups is 1. The summed E-state index contributed by atoms with van der Waals surface area (Å²) in [6.45, 7) is 4.03. The van der Waals surface area contributed by atoms with Crippen molar-refractivity contribution >= 4 is 17.4 Å². The number of ether oxygens (including phenoxy) is 1. The molecule has 0 atom stereocenters. The van der Waals surface area contributed by atoms with Crippen molar-refractivity contribution in [3.05, 3.63) is 23.0 Å². The molecule has 0 aliphatic heterocycles. The van der Waals surface area contributed by atoms with E-state index in [2.05, 4.69) is 4.57 Å². The first-order chi connectivity index (χ1) is 8.08. The van der Waals surface area contributed by atoms with Crippen LogP contribution in [-0.4, -0.2) is 29.4 Å². The molecule has 1 heterocycles. The van der Waals surface area contributed by atoms with Gasteiger partial charge in [0.2, 0.25) is 0 Å². The molecule has 0 radical (unpaired) electrons. The van der Waals surface area contributed by atoms with Gasteiger partial charge in [0.1, 0.15) is 0 Å². The van der Waals surface area contributed by atoms with Crippen LogP contribution in [0.25, 0.3) is 0 Å². The zero-order chi connectivity index (χ0) is 12.6. The highest BCUT2D eigenvalue weighted by atomic mass is 35.5. The van der Waals surface area contributed by atoms with E-state index in [0.29, 0.717) is 12.1 Å². The van der Waals surface area contributed by atoms with Crippen LogP contribution >= 0.6 is 11.6 Å². The van der Waals surface area contributed by atoms with E-state index < -0.39 is 0 Å². The topological polar surface area (TPSA) is 31.2 Å². The highest BCUT2D eigenvalue weighted by Gasteiger charge is 2.32. The third-order valence-corrected chi connectivity index (χ3v) is 3.92. The molecule has 3 nitrogen and oxygen atoms in total. The number of Topliss-reactive ketones (excluding diaryl/α,β-unsaturated/α-hetero) is 1. The fourth-order valence-electron chi connectivity index (χ4n) is 2.63. The third kappa shape index (κ3) is 2.14. The molecule has 0 amide bonds. The lowest BCUT2D eigenvalue weighted by atomic mass is 9.88. The van der Waals surface area contributed by atoms with Crippen LogP contribution in [0, 0.1) is 13.8 Å². The predicted octanol–water partition coefficient (Wildman–Crippen LogP) is 2.88. The van der Waals surface area contributed by atoms with Crippen molar-refractivity contribution in [3.8, 4) is 0 Å². The first-order valence-electron chi connectivity index (χ1n) is 5.88. The smallest absolute Gasteiger partial charge is 0.179 e. The molecular weight excluding hydrogens is 238 g/mol. The van der Waals surface area contributed by atoms with Crippen LogP contribution in [0.2, 0.25) is 0 Å². The molecule has 0 unspecified atom stereocenters. The molecule has 1 aromatic rings. The molecule has 2 rings (SSSR count). The van der Waals surface area contributed by atoms with Gasteiger partial charge in [-0.1, -0.05) is 0 Å². The summed E-state index contributed by atoms with van der Waals surface area (Å²) in [5.41, 5.74) is 2.93. The third-order valence-electron chi connectivity index (χ3n) is 3.67. The normalized spacial score (nSPS) is 23.5. The fraction of sp³-hybridized carbons (Fsp3) is 0.615. The van der Waals surface area contributed by atoms with Crippen molar-refractivity contribution in [2.24, 2.45) is 0 Å². The van der Waals surface area contributed by atoms with Crippen LogP contribution in [0.3, 0.4) is 0 Å². The van der Waals surface area contributed by atoms with Crippen LogP contribution < -0.4 is 0 Å². The Morgan fingerprint density at radius 3 is 2.71 bits per heavy atom. The van der Waals surface area contributed by atoms with Gasteiger partial charge in [0, 0.05) is 30.1 Å². The molecule has 0 saturated heterocycles. The van der Waals surface area contributed by atoms with Crippen LogP contribution in [0.5, 0.6) is 0 Å². The van der Waals surface area contributed by atoms with E-state index in [0.717, 1.165) is 29.8 Å². The van der Waals surface area contributed by atoms with E-state index in [4.69, 9.17) is 16.3 Å². The van der Waals surface area contributed by atoms with E-state index in [-0.39, 0.29) is 11.7 Å². The Balaban J connectivity index is 2.24. The van der Waals surface area contributed by atoms with Crippen LogP contribution in [-0.2, 0) is 4.74 Å². The Bertz CT molecular complexity index is 433. The average molecular weight is 256 g/mol. The second-order valence-corrected chi connectivity index (χ2v) is 4.96. The van der Waals surface area contributed by atoms with Gasteiger partial charge in [0.25, 0.3) is 0 Å². The van der Waals surface area contributed by atoms with E-state index in [9.17, 15) is 4.79 Å². The van der Waals surface area contributed by atoms with Crippen LogP contribution in [0.15, 0.2) is 6.07 Å².